The second kappa shape index (κ2) is 6.00. The van der Waals surface area contributed by atoms with Crippen LogP contribution in [-0.4, -0.2) is 20.6 Å². The van der Waals surface area contributed by atoms with Crippen LogP contribution in [0.3, 0.4) is 0 Å². The van der Waals surface area contributed by atoms with Crippen LogP contribution < -0.4 is 5.32 Å². The van der Waals surface area contributed by atoms with E-state index in [1.807, 2.05) is 6.07 Å². The Morgan fingerprint density at radius 2 is 1.91 bits per heavy atom. The van der Waals surface area contributed by atoms with Gasteiger partial charge < -0.3 is 5.32 Å². The third kappa shape index (κ3) is 3.51. The molecule has 5 nitrogen and oxygen atoms in total. The fourth-order valence-corrected chi connectivity index (χ4v) is 2.54. The zero-order chi connectivity index (χ0) is 16.3. The number of carbonyl (C=O) groups excluding carboxylic acids is 1. The molecular weight excluding hydrogens is 300 g/mol. The zero-order valence-electron chi connectivity index (χ0n) is 12.1. The number of hydrogen-bond acceptors (Lipinski definition) is 4. The van der Waals surface area contributed by atoms with Crippen LogP contribution in [0.2, 0.25) is 0 Å². The normalized spacial score (nSPS) is 10.8. The maximum absolute atomic E-state index is 12.2. The monoisotopic (exact) mass is 314 g/mol. The van der Waals surface area contributed by atoms with Crippen molar-refractivity contribution in [2.45, 2.75) is 11.8 Å². The van der Waals surface area contributed by atoms with Gasteiger partial charge in [0.1, 0.15) is 0 Å². The van der Waals surface area contributed by atoms with E-state index in [9.17, 15) is 13.2 Å². The predicted octanol–water partition coefficient (Wildman–Crippen LogP) is 2.52. The van der Waals surface area contributed by atoms with E-state index in [4.69, 9.17) is 5.26 Å². The Labute approximate surface area is 129 Å². The van der Waals surface area contributed by atoms with E-state index in [1.165, 1.54) is 18.2 Å². The molecule has 22 heavy (non-hydrogen) atoms. The highest BCUT2D eigenvalue weighted by Crippen LogP contribution is 2.21. The van der Waals surface area contributed by atoms with Crippen molar-refractivity contribution in [3.05, 3.63) is 59.2 Å². The Bertz CT molecular complexity index is 881. The molecule has 0 aliphatic rings. The summed E-state index contributed by atoms with van der Waals surface area (Å²) in [6.07, 6.45) is 1.11. The van der Waals surface area contributed by atoms with E-state index in [1.54, 1.807) is 31.2 Å². The SMILES string of the molecule is Cc1ccc(S(C)(=O)=O)cc1NC(=O)c1cccc(C#N)c1. The van der Waals surface area contributed by atoms with E-state index >= 15 is 0 Å². The minimum absolute atomic E-state index is 0.138. The van der Waals surface area contributed by atoms with Gasteiger partial charge in [0, 0.05) is 17.5 Å². The number of nitriles is 1. The summed E-state index contributed by atoms with van der Waals surface area (Å²) in [5, 5.41) is 11.5. The van der Waals surface area contributed by atoms with Crippen molar-refractivity contribution in [2.75, 3.05) is 11.6 Å². The maximum atomic E-state index is 12.2. The summed E-state index contributed by atoms with van der Waals surface area (Å²) in [6, 6.07) is 12.8. The lowest BCUT2D eigenvalue weighted by atomic mass is 10.1. The standard InChI is InChI=1S/C16H14N2O3S/c1-11-6-7-14(22(2,20)21)9-15(11)18-16(19)13-5-3-4-12(8-13)10-17/h3-9H,1-2H3,(H,18,19). The number of aryl methyl sites for hydroxylation is 1. The van der Waals surface area contributed by atoms with Crippen molar-refractivity contribution >= 4 is 21.4 Å². The summed E-state index contributed by atoms with van der Waals surface area (Å²) >= 11 is 0. The molecule has 0 atom stereocenters. The molecule has 1 amide bonds. The fourth-order valence-electron chi connectivity index (χ4n) is 1.89. The first-order valence-corrected chi connectivity index (χ1v) is 8.32. The van der Waals surface area contributed by atoms with E-state index in [0.717, 1.165) is 11.8 Å². The van der Waals surface area contributed by atoms with Crippen LogP contribution in [0.1, 0.15) is 21.5 Å². The molecule has 0 spiro atoms. The molecular formula is C16H14N2O3S. The fraction of sp³-hybridized carbons (Fsp3) is 0.125. The van der Waals surface area contributed by atoms with Gasteiger partial charge in [-0.05, 0) is 42.8 Å². The molecule has 0 saturated heterocycles. The largest absolute Gasteiger partial charge is 0.322 e. The van der Waals surface area contributed by atoms with Crippen LogP contribution in [0.4, 0.5) is 5.69 Å². The summed E-state index contributed by atoms with van der Waals surface area (Å²) in [5.41, 5.74) is 1.89. The summed E-state index contributed by atoms with van der Waals surface area (Å²) in [4.78, 5) is 12.4. The molecule has 0 aliphatic heterocycles. The zero-order valence-corrected chi connectivity index (χ0v) is 12.9. The number of benzene rings is 2. The molecule has 0 bridgehead atoms. The predicted molar refractivity (Wildman–Crippen MR) is 83.4 cm³/mol. The molecule has 0 saturated carbocycles. The molecule has 2 aromatic rings. The lowest BCUT2D eigenvalue weighted by molar-refractivity contribution is 0.102. The Balaban J connectivity index is 2.34. The van der Waals surface area contributed by atoms with Crippen LogP contribution in [0.25, 0.3) is 0 Å². The Morgan fingerprint density at radius 1 is 1.18 bits per heavy atom. The molecule has 0 aromatic heterocycles. The maximum Gasteiger partial charge on any atom is 0.255 e. The second-order valence-corrected chi connectivity index (χ2v) is 6.91. The average Bonchev–Trinajstić information content (AvgIpc) is 2.48. The summed E-state index contributed by atoms with van der Waals surface area (Å²) < 4.78 is 23.2. The molecule has 0 unspecified atom stereocenters. The molecule has 6 heteroatoms. The molecule has 0 aliphatic carbocycles. The Kier molecular flexibility index (Phi) is 4.29. The van der Waals surface area contributed by atoms with E-state index in [0.29, 0.717) is 16.8 Å². The lowest BCUT2D eigenvalue weighted by Gasteiger charge is -2.10. The quantitative estimate of drug-likeness (QED) is 0.943. The van der Waals surface area contributed by atoms with Crippen molar-refractivity contribution in [3.8, 4) is 6.07 Å². The third-order valence-corrected chi connectivity index (χ3v) is 4.25. The first kappa shape index (κ1) is 15.7. The van der Waals surface area contributed by atoms with Crippen molar-refractivity contribution in [1.82, 2.24) is 0 Å². The van der Waals surface area contributed by atoms with Gasteiger partial charge in [0.15, 0.2) is 9.84 Å². The highest BCUT2D eigenvalue weighted by Gasteiger charge is 2.12. The molecule has 1 N–H and O–H groups in total. The number of sulfone groups is 1. The van der Waals surface area contributed by atoms with Gasteiger partial charge in [-0.2, -0.15) is 5.26 Å². The van der Waals surface area contributed by atoms with Gasteiger partial charge in [-0.15, -0.1) is 0 Å². The van der Waals surface area contributed by atoms with Gasteiger partial charge >= 0.3 is 0 Å². The number of amides is 1. The minimum Gasteiger partial charge on any atom is -0.322 e. The van der Waals surface area contributed by atoms with Crippen LogP contribution in [-0.2, 0) is 9.84 Å². The minimum atomic E-state index is -3.35. The Hall–Kier alpha value is -2.65. The van der Waals surface area contributed by atoms with Crippen LogP contribution >= 0.6 is 0 Å². The van der Waals surface area contributed by atoms with Crippen molar-refractivity contribution in [1.29, 1.82) is 5.26 Å². The van der Waals surface area contributed by atoms with Crippen molar-refractivity contribution in [2.24, 2.45) is 0 Å². The summed E-state index contributed by atoms with van der Waals surface area (Å²) in [5.74, 6) is -0.397. The van der Waals surface area contributed by atoms with Gasteiger partial charge in [0.2, 0.25) is 0 Å². The van der Waals surface area contributed by atoms with Gasteiger partial charge in [0.25, 0.3) is 5.91 Å². The van der Waals surface area contributed by atoms with Gasteiger partial charge in [-0.1, -0.05) is 12.1 Å². The molecule has 2 rings (SSSR count). The average molecular weight is 314 g/mol. The summed E-state index contributed by atoms with van der Waals surface area (Å²) in [6.45, 7) is 1.77. The first-order chi connectivity index (χ1) is 10.3. The number of nitrogens with zero attached hydrogens (tertiary/aromatic N) is 1. The van der Waals surface area contributed by atoms with E-state index in [2.05, 4.69) is 5.32 Å². The number of anilines is 1. The molecule has 0 fully saturated rings. The van der Waals surface area contributed by atoms with Crippen molar-refractivity contribution < 1.29 is 13.2 Å². The Morgan fingerprint density at radius 3 is 2.55 bits per heavy atom. The number of carbonyl (C=O) groups is 1. The van der Waals surface area contributed by atoms with Gasteiger partial charge in [-0.25, -0.2) is 8.42 Å². The summed E-state index contributed by atoms with van der Waals surface area (Å²) in [7, 11) is -3.35. The molecule has 0 heterocycles. The molecule has 112 valence electrons. The van der Waals surface area contributed by atoms with Crippen LogP contribution in [0.15, 0.2) is 47.4 Å². The van der Waals surface area contributed by atoms with Gasteiger partial charge in [-0.3, -0.25) is 4.79 Å². The highest BCUT2D eigenvalue weighted by molar-refractivity contribution is 7.90. The van der Waals surface area contributed by atoms with Crippen LogP contribution in [0.5, 0.6) is 0 Å². The molecule has 0 radical (unpaired) electrons. The van der Waals surface area contributed by atoms with Crippen LogP contribution in [0, 0.1) is 18.3 Å². The topological polar surface area (TPSA) is 87.0 Å². The van der Waals surface area contributed by atoms with Crippen molar-refractivity contribution in [3.63, 3.8) is 0 Å². The smallest absolute Gasteiger partial charge is 0.255 e. The lowest BCUT2D eigenvalue weighted by Crippen LogP contribution is -2.13. The first-order valence-electron chi connectivity index (χ1n) is 6.43. The highest BCUT2D eigenvalue weighted by atomic mass is 32.2. The number of rotatable bonds is 3. The van der Waals surface area contributed by atoms with E-state index < -0.39 is 15.7 Å². The third-order valence-electron chi connectivity index (χ3n) is 3.14. The molecule has 2 aromatic carbocycles. The number of hydrogen-bond donors (Lipinski definition) is 1. The van der Waals surface area contributed by atoms with Gasteiger partial charge in [0.05, 0.1) is 16.5 Å². The second-order valence-electron chi connectivity index (χ2n) is 4.90. The number of nitrogens with one attached hydrogen (secondary N) is 1. The van der Waals surface area contributed by atoms with E-state index in [-0.39, 0.29) is 4.90 Å².